The van der Waals surface area contributed by atoms with Gasteiger partial charge >= 0.3 is 6.09 Å². The number of amides is 2. The van der Waals surface area contributed by atoms with Gasteiger partial charge in [0.05, 0.1) is 25.0 Å². The van der Waals surface area contributed by atoms with Crippen molar-refractivity contribution in [3.05, 3.63) is 17.8 Å². The molecule has 2 amide bonds. The summed E-state index contributed by atoms with van der Waals surface area (Å²) >= 11 is 0. The lowest BCUT2D eigenvalue weighted by Gasteiger charge is -2.42. The molecular weight excluding hydrogens is 550 g/mol. The number of aliphatic hydroxyl groups excluding tert-OH is 1. The molecule has 2 heterocycles. The van der Waals surface area contributed by atoms with Crippen LogP contribution in [0.1, 0.15) is 91.0 Å². The predicted octanol–water partition coefficient (Wildman–Crippen LogP) is 4.97. The van der Waals surface area contributed by atoms with Crippen molar-refractivity contribution >= 4 is 23.6 Å². The maximum absolute atomic E-state index is 14.3. The van der Waals surface area contributed by atoms with E-state index in [9.17, 15) is 19.5 Å². The van der Waals surface area contributed by atoms with Crippen molar-refractivity contribution in [1.82, 2.24) is 9.88 Å². The molecule has 43 heavy (non-hydrogen) atoms. The first-order chi connectivity index (χ1) is 20.3. The van der Waals surface area contributed by atoms with Gasteiger partial charge in [-0.05, 0) is 77.0 Å². The number of carbonyl (C=O) groups excluding carboxylic acids is 3. The molecule has 0 radical (unpaired) electrons. The number of methoxy groups -OCH3 is 2. The van der Waals surface area contributed by atoms with Gasteiger partial charge < -0.3 is 24.2 Å². The highest BCUT2D eigenvalue weighted by Crippen LogP contribution is 2.38. The molecule has 1 aromatic rings. The number of hydrogen-bond acceptors (Lipinski definition) is 8. The number of ether oxygens (including phenoxy) is 3. The van der Waals surface area contributed by atoms with E-state index >= 15 is 0 Å². The minimum Gasteiger partial charge on any atom is -0.496 e. The largest absolute Gasteiger partial charge is 0.496 e. The van der Waals surface area contributed by atoms with Crippen LogP contribution in [0, 0.1) is 23.7 Å². The summed E-state index contributed by atoms with van der Waals surface area (Å²) in [5, 5.41) is 11.7. The van der Waals surface area contributed by atoms with Gasteiger partial charge in [-0.3, -0.25) is 14.5 Å². The van der Waals surface area contributed by atoms with Crippen LogP contribution < -0.4 is 9.64 Å². The van der Waals surface area contributed by atoms with E-state index in [-0.39, 0.29) is 42.7 Å². The molecule has 3 atom stereocenters. The molecule has 0 unspecified atom stereocenters. The zero-order chi connectivity index (χ0) is 31.5. The Bertz CT molecular complexity index is 1140. The van der Waals surface area contributed by atoms with E-state index in [1.54, 1.807) is 52.2 Å². The molecule has 3 fully saturated rings. The fraction of sp³-hybridized carbons (Fsp3) is 0.758. The van der Waals surface area contributed by atoms with Crippen molar-refractivity contribution in [2.75, 3.05) is 38.8 Å². The highest BCUT2D eigenvalue weighted by atomic mass is 16.6. The second-order valence-corrected chi connectivity index (χ2v) is 14.0. The highest BCUT2D eigenvalue weighted by molar-refractivity contribution is 5.97. The first kappa shape index (κ1) is 33.2. The molecular formula is C33H51N3O7. The number of hydrogen-bond donors (Lipinski definition) is 1. The lowest BCUT2D eigenvalue weighted by Crippen LogP contribution is -2.59. The molecule has 10 heteroatoms. The Morgan fingerprint density at radius 1 is 1.02 bits per heavy atom. The lowest BCUT2D eigenvalue weighted by molar-refractivity contribution is -0.140. The minimum atomic E-state index is -1.22. The monoisotopic (exact) mass is 601 g/mol. The third-order valence-corrected chi connectivity index (χ3v) is 9.02. The van der Waals surface area contributed by atoms with Gasteiger partial charge in [-0.25, -0.2) is 9.78 Å². The molecule has 0 spiro atoms. The number of Topliss-reactive ketones (excluding diaryl/α,β-unsaturated/α-hetero) is 1. The van der Waals surface area contributed by atoms with Gasteiger partial charge in [0.25, 0.3) is 0 Å². The third-order valence-electron chi connectivity index (χ3n) is 9.02. The summed E-state index contributed by atoms with van der Waals surface area (Å²) < 4.78 is 16.6. The number of likely N-dealkylation sites (tertiary alicyclic amines) is 1. The Labute approximate surface area is 256 Å². The Morgan fingerprint density at radius 3 is 2.21 bits per heavy atom. The quantitative estimate of drug-likeness (QED) is 0.400. The van der Waals surface area contributed by atoms with E-state index in [0.717, 1.165) is 50.7 Å². The van der Waals surface area contributed by atoms with Crippen molar-refractivity contribution in [3.63, 3.8) is 0 Å². The molecule has 2 saturated carbocycles. The van der Waals surface area contributed by atoms with Gasteiger partial charge in [0.1, 0.15) is 23.0 Å². The minimum absolute atomic E-state index is 0.0241. The Kier molecular flexibility index (Phi) is 10.7. The van der Waals surface area contributed by atoms with Crippen LogP contribution in [0.3, 0.4) is 0 Å². The number of aromatic nitrogens is 1. The number of aliphatic hydroxyl groups is 1. The topological polar surface area (TPSA) is 118 Å². The number of carbonyl (C=O) groups is 3. The van der Waals surface area contributed by atoms with Crippen molar-refractivity contribution in [1.29, 1.82) is 0 Å². The summed E-state index contributed by atoms with van der Waals surface area (Å²) in [5.41, 5.74) is 0.191. The highest BCUT2D eigenvalue weighted by Gasteiger charge is 2.49. The van der Waals surface area contributed by atoms with Crippen LogP contribution in [-0.4, -0.2) is 84.4 Å². The molecule has 0 aromatic carbocycles. The number of anilines is 1. The maximum Gasteiger partial charge on any atom is 0.410 e. The van der Waals surface area contributed by atoms with Crippen molar-refractivity contribution in [2.24, 2.45) is 23.7 Å². The fourth-order valence-corrected chi connectivity index (χ4v) is 6.48. The number of ketones is 1. The SMILES string of the molecule is COC[C@H]1CC[C@H](CC(=O)[C@@H]2CN(C(=O)OC(C)(C)C)C[C@H](C(=O)N(c3cc(OC)c(C(C)C)cn3)C3CC3)[C@@H]2O)CC1. The van der Waals surface area contributed by atoms with Crippen LogP contribution in [-0.2, 0) is 19.1 Å². The average Bonchev–Trinajstić information content (AvgIpc) is 3.78. The zero-order valence-corrected chi connectivity index (χ0v) is 27.0. The first-order valence-electron chi connectivity index (χ1n) is 15.9. The molecule has 4 rings (SSSR count). The predicted molar refractivity (Wildman–Crippen MR) is 163 cm³/mol. The summed E-state index contributed by atoms with van der Waals surface area (Å²) in [4.78, 5) is 49.0. The number of nitrogens with zero attached hydrogens (tertiary/aromatic N) is 3. The van der Waals surface area contributed by atoms with E-state index in [4.69, 9.17) is 14.2 Å². The molecule has 1 N–H and O–H groups in total. The molecule has 0 bridgehead atoms. The normalized spacial score (nSPS) is 26.3. The van der Waals surface area contributed by atoms with Gasteiger partial charge in [-0.15, -0.1) is 0 Å². The summed E-state index contributed by atoms with van der Waals surface area (Å²) in [6.07, 6.45) is 5.75. The Balaban J connectivity index is 1.58. The van der Waals surface area contributed by atoms with E-state index in [1.165, 1.54) is 4.90 Å². The summed E-state index contributed by atoms with van der Waals surface area (Å²) in [6, 6.07) is 1.71. The molecule has 3 aliphatic rings. The van der Waals surface area contributed by atoms with Crippen molar-refractivity contribution < 1.29 is 33.7 Å². The van der Waals surface area contributed by atoms with E-state index in [0.29, 0.717) is 23.9 Å². The van der Waals surface area contributed by atoms with Gasteiger partial charge in [0, 0.05) is 57.1 Å². The van der Waals surface area contributed by atoms with Gasteiger partial charge in [-0.1, -0.05) is 13.8 Å². The smallest absolute Gasteiger partial charge is 0.410 e. The Hall–Kier alpha value is -2.72. The Morgan fingerprint density at radius 2 is 1.65 bits per heavy atom. The van der Waals surface area contributed by atoms with Crippen LogP contribution in [0.4, 0.5) is 10.6 Å². The summed E-state index contributed by atoms with van der Waals surface area (Å²) in [5.74, 6) is -0.303. The second-order valence-electron chi connectivity index (χ2n) is 14.0. The molecule has 1 saturated heterocycles. The fourth-order valence-electron chi connectivity index (χ4n) is 6.48. The van der Waals surface area contributed by atoms with Gasteiger partial charge in [0.15, 0.2) is 0 Å². The van der Waals surface area contributed by atoms with Crippen molar-refractivity contribution in [2.45, 2.75) is 103 Å². The van der Waals surface area contributed by atoms with Gasteiger partial charge in [0.2, 0.25) is 5.91 Å². The number of pyridine rings is 1. The number of rotatable bonds is 10. The van der Waals surface area contributed by atoms with Crippen LogP contribution >= 0.6 is 0 Å². The standard InChI is InChI=1S/C33H51N3O7/c1-20(2)24-16-34-29(15-28(24)42-7)36(23-12-13-23)31(39)26-18-35(32(40)43-33(3,4)5)17-25(30(26)38)27(37)14-21-8-10-22(11-9-21)19-41-6/h15-16,20-23,25-26,30,38H,8-14,17-19H2,1-7H3/t21-,22-,25-,26-,30+/m0/s1. The van der Waals surface area contributed by atoms with Crippen LogP contribution in [0.2, 0.25) is 0 Å². The molecule has 2 aliphatic carbocycles. The van der Waals surface area contributed by atoms with Crippen molar-refractivity contribution in [3.8, 4) is 5.75 Å². The van der Waals surface area contributed by atoms with E-state index < -0.39 is 29.6 Å². The van der Waals surface area contributed by atoms with Gasteiger partial charge in [-0.2, -0.15) is 0 Å². The molecule has 240 valence electrons. The van der Waals surface area contributed by atoms with E-state index in [1.807, 2.05) is 0 Å². The third kappa shape index (κ3) is 8.26. The summed E-state index contributed by atoms with van der Waals surface area (Å²) in [7, 11) is 3.31. The molecule has 1 aliphatic heterocycles. The maximum atomic E-state index is 14.3. The van der Waals surface area contributed by atoms with E-state index in [2.05, 4.69) is 18.8 Å². The number of piperidine rings is 1. The lowest BCUT2D eigenvalue weighted by atomic mass is 9.76. The summed E-state index contributed by atoms with van der Waals surface area (Å²) in [6.45, 7) is 10.2. The molecule has 1 aromatic heterocycles. The zero-order valence-electron chi connectivity index (χ0n) is 27.0. The van der Waals surface area contributed by atoms with Crippen LogP contribution in [0.5, 0.6) is 5.75 Å². The second kappa shape index (κ2) is 13.9. The molecule has 10 nitrogen and oxygen atoms in total. The first-order valence-corrected chi connectivity index (χ1v) is 15.9. The van der Waals surface area contributed by atoms with Crippen LogP contribution in [0.25, 0.3) is 0 Å². The average molecular weight is 602 g/mol. The van der Waals surface area contributed by atoms with Crippen LogP contribution in [0.15, 0.2) is 12.3 Å².